The minimum absolute atomic E-state index is 0.0816. The number of pyridine rings is 1. The van der Waals surface area contributed by atoms with Crippen molar-refractivity contribution in [3.63, 3.8) is 0 Å². The third kappa shape index (κ3) is 3.70. The fourth-order valence-electron chi connectivity index (χ4n) is 2.22. The zero-order valence-corrected chi connectivity index (χ0v) is 13.9. The number of carbonyl (C=O) groups is 1. The molecule has 128 valence electrons. The standard InChI is InChI=1S/C16H19N3O5/c1-16(2,3)24-15(21)18(4)9-10-8-12(19(22)23)14(20)13-11(10)6-5-7-17-13/h5-8,20H,9H2,1-4H3. The number of hydrogen-bond donors (Lipinski definition) is 1. The van der Waals surface area contributed by atoms with Crippen LogP contribution in [0, 0.1) is 10.1 Å². The van der Waals surface area contributed by atoms with E-state index < -0.39 is 28.1 Å². The topological polar surface area (TPSA) is 106 Å². The van der Waals surface area contributed by atoms with Crippen molar-refractivity contribution in [2.45, 2.75) is 32.9 Å². The van der Waals surface area contributed by atoms with Crippen LogP contribution in [0.1, 0.15) is 26.3 Å². The molecule has 0 bridgehead atoms. The van der Waals surface area contributed by atoms with Crippen molar-refractivity contribution in [1.82, 2.24) is 9.88 Å². The number of ether oxygens (including phenoxy) is 1. The van der Waals surface area contributed by atoms with Crippen molar-refractivity contribution in [3.8, 4) is 5.75 Å². The van der Waals surface area contributed by atoms with Gasteiger partial charge in [-0.15, -0.1) is 0 Å². The molecular formula is C16H19N3O5. The van der Waals surface area contributed by atoms with Crippen LogP contribution in [0.4, 0.5) is 10.5 Å². The lowest BCUT2D eigenvalue weighted by Gasteiger charge is -2.25. The van der Waals surface area contributed by atoms with Crippen LogP contribution in [0.15, 0.2) is 24.4 Å². The van der Waals surface area contributed by atoms with E-state index in [-0.39, 0.29) is 12.1 Å². The predicted molar refractivity (Wildman–Crippen MR) is 87.8 cm³/mol. The molecule has 0 saturated heterocycles. The summed E-state index contributed by atoms with van der Waals surface area (Å²) in [5.74, 6) is -0.487. The maximum atomic E-state index is 12.1. The zero-order chi connectivity index (χ0) is 18.1. The number of aromatic hydroxyl groups is 1. The lowest BCUT2D eigenvalue weighted by Crippen LogP contribution is -2.33. The van der Waals surface area contributed by atoms with E-state index in [1.807, 2.05) is 0 Å². The van der Waals surface area contributed by atoms with Gasteiger partial charge in [0, 0.05) is 31.2 Å². The first-order chi connectivity index (χ1) is 11.1. The Labute approximate surface area is 138 Å². The van der Waals surface area contributed by atoms with Gasteiger partial charge in [-0.2, -0.15) is 0 Å². The molecule has 1 amide bonds. The van der Waals surface area contributed by atoms with Crippen molar-refractivity contribution in [3.05, 3.63) is 40.1 Å². The maximum Gasteiger partial charge on any atom is 0.410 e. The first kappa shape index (κ1) is 17.5. The van der Waals surface area contributed by atoms with Gasteiger partial charge in [-0.3, -0.25) is 15.1 Å². The van der Waals surface area contributed by atoms with Crippen LogP contribution >= 0.6 is 0 Å². The van der Waals surface area contributed by atoms with Gasteiger partial charge >= 0.3 is 11.8 Å². The Balaban J connectivity index is 2.43. The van der Waals surface area contributed by atoms with E-state index in [1.165, 1.54) is 24.2 Å². The van der Waals surface area contributed by atoms with Gasteiger partial charge in [-0.25, -0.2) is 4.79 Å². The number of benzene rings is 1. The van der Waals surface area contributed by atoms with Gasteiger partial charge < -0.3 is 14.7 Å². The van der Waals surface area contributed by atoms with E-state index in [9.17, 15) is 20.0 Å². The SMILES string of the molecule is CN(Cc1cc([N+](=O)[O-])c(O)c2ncccc12)C(=O)OC(C)(C)C. The Bertz CT molecular complexity index is 798. The Morgan fingerprint density at radius 3 is 2.71 bits per heavy atom. The summed E-state index contributed by atoms with van der Waals surface area (Å²) in [7, 11) is 1.54. The summed E-state index contributed by atoms with van der Waals surface area (Å²) in [5, 5.41) is 21.7. The fraction of sp³-hybridized carbons (Fsp3) is 0.375. The average Bonchev–Trinajstić information content (AvgIpc) is 2.48. The smallest absolute Gasteiger partial charge is 0.410 e. The first-order valence-corrected chi connectivity index (χ1v) is 7.28. The molecule has 8 nitrogen and oxygen atoms in total. The highest BCUT2D eigenvalue weighted by Gasteiger charge is 2.24. The van der Waals surface area contributed by atoms with E-state index in [0.29, 0.717) is 10.9 Å². The molecule has 0 unspecified atom stereocenters. The quantitative estimate of drug-likeness (QED) is 0.683. The second-order valence-electron chi connectivity index (χ2n) is 6.40. The normalized spacial score (nSPS) is 11.3. The number of hydrogen-bond acceptors (Lipinski definition) is 6. The van der Waals surface area contributed by atoms with Gasteiger partial charge in [-0.05, 0) is 32.4 Å². The lowest BCUT2D eigenvalue weighted by molar-refractivity contribution is -0.385. The van der Waals surface area contributed by atoms with Gasteiger partial charge in [0.1, 0.15) is 11.1 Å². The van der Waals surface area contributed by atoms with Crippen molar-refractivity contribution in [2.75, 3.05) is 7.05 Å². The minimum Gasteiger partial charge on any atom is -0.501 e. The number of nitrogens with zero attached hydrogens (tertiary/aromatic N) is 3. The highest BCUT2D eigenvalue weighted by atomic mass is 16.6. The summed E-state index contributed by atoms with van der Waals surface area (Å²) in [4.78, 5) is 27.9. The van der Waals surface area contributed by atoms with E-state index in [1.54, 1.807) is 32.9 Å². The number of aromatic nitrogens is 1. The molecule has 2 aromatic rings. The summed E-state index contributed by atoms with van der Waals surface area (Å²) in [6.07, 6.45) is 0.892. The molecule has 0 aliphatic carbocycles. The summed E-state index contributed by atoms with van der Waals surface area (Å²) in [6.45, 7) is 5.34. The first-order valence-electron chi connectivity index (χ1n) is 7.28. The fourth-order valence-corrected chi connectivity index (χ4v) is 2.22. The number of carbonyl (C=O) groups excluding carboxylic acids is 1. The average molecular weight is 333 g/mol. The second-order valence-corrected chi connectivity index (χ2v) is 6.40. The largest absolute Gasteiger partial charge is 0.501 e. The Hall–Kier alpha value is -2.90. The van der Waals surface area contributed by atoms with Crippen LogP contribution in [0.5, 0.6) is 5.75 Å². The second kappa shape index (κ2) is 6.31. The number of amides is 1. The predicted octanol–water partition coefficient (Wildman–Crippen LogP) is 3.22. The molecule has 1 N–H and O–H groups in total. The molecule has 0 atom stereocenters. The van der Waals surface area contributed by atoms with E-state index in [0.717, 1.165) is 0 Å². The summed E-state index contributed by atoms with van der Waals surface area (Å²) >= 11 is 0. The molecule has 1 heterocycles. The molecule has 24 heavy (non-hydrogen) atoms. The van der Waals surface area contributed by atoms with Gasteiger partial charge in [0.05, 0.1) is 4.92 Å². The Morgan fingerprint density at radius 1 is 1.46 bits per heavy atom. The highest BCUT2D eigenvalue weighted by Crippen LogP contribution is 2.35. The third-order valence-corrected chi connectivity index (χ3v) is 3.24. The van der Waals surface area contributed by atoms with Crippen molar-refractivity contribution in [1.29, 1.82) is 0 Å². The number of phenols is 1. The van der Waals surface area contributed by atoms with E-state index in [4.69, 9.17) is 4.74 Å². The molecule has 8 heteroatoms. The molecule has 0 radical (unpaired) electrons. The molecule has 2 rings (SSSR count). The number of rotatable bonds is 3. The molecule has 0 spiro atoms. The molecule has 0 saturated carbocycles. The van der Waals surface area contributed by atoms with Crippen LogP contribution in [-0.2, 0) is 11.3 Å². The highest BCUT2D eigenvalue weighted by molar-refractivity contribution is 5.91. The van der Waals surface area contributed by atoms with Crippen LogP contribution in [0.25, 0.3) is 10.9 Å². The molecule has 0 aliphatic heterocycles. The van der Waals surface area contributed by atoms with Crippen LogP contribution in [-0.4, -0.2) is 38.7 Å². The lowest BCUT2D eigenvalue weighted by atomic mass is 10.1. The summed E-state index contributed by atoms with van der Waals surface area (Å²) in [5.41, 5.74) is -0.473. The van der Waals surface area contributed by atoms with Crippen LogP contribution in [0.3, 0.4) is 0 Å². The van der Waals surface area contributed by atoms with E-state index in [2.05, 4.69) is 4.98 Å². The molecule has 1 aromatic carbocycles. The molecular weight excluding hydrogens is 314 g/mol. The molecule has 0 fully saturated rings. The zero-order valence-electron chi connectivity index (χ0n) is 13.9. The monoisotopic (exact) mass is 333 g/mol. The van der Waals surface area contributed by atoms with Crippen molar-refractivity contribution >= 4 is 22.7 Å². The van der Waals surface area contributed by atoms with Crippen molar-refractivity contribution in [2.24, 2.45) is 0 Å². The number of nitro groups is 1. The van der Waals surface area contributed by atoms with Crippen LogP contribution in [0.2, 0.25) is 0 Å². The summed E-state index contributed by atoms with van der Waals surface area (Å²) < 4.78 is 5.27. The van der Waals surface area contributed by atoms with Crippen LogP contribution < -0.4 is 0 Å². The third-order valence-electron chi connectivity index (χ3n) is 3.24. The molecule has 1 aromatic heterocycles. The summed E-state index contributed by atoms with van der Waals surface area (Å²) in [6, 6.07) is 4.59. The van der Waals surface area contributed by atoms with Crippen molar-refractivity contribution < 1.29 is 19.6 Å². The minimum atomic E-state index is -0.680. The van der Waals surface area contributed by atoms with Gasteiger partial charge in [0.15, 0.2) is 0 Å². The number of fused-ring (bicyclic) bond motifs is 1. The maximum absolute atomic E-state index is 12.1. The Morgan fingerprint density at radius 2 is 2.12 bits per heavy atom. The van der Waals surface area contributed by atoms with Gasteiger partial charge in [0.2, 0.25) is 5.75 Å². The number of nitro benzene ring substituents is 1. The Kier molecular flexibility index (Phi) is 4.59. The number of phenolic OH excluding ortho intramolecular Hbond substituents is 1. The van der Waals surface area contributed by atoms with Gasteiger partial charge in [-0.1, -0.05) is 6.07 Å². The molecule has 0 aliphatic rings. The van der Waals surface area contributed by atoms with Gasteiger partial charge in [0.25, 0.3) is 0 Å². The van der Waals surface area contributed by atoms with E-state index >= 15 is 0 Å².